The predicted octanol–water partition coefficient (Wildman–Crippen LogP) is 2.83. The molecule has 0 saturated heterocycles. The van der Waals surface area contributed by atoms with Crippen molar-refractivity contribution >= 4 is 11.6 Å². The van der Waals surface area contributed by atoms with E-state index in [1.54, 1.807) is 24.7 Å². The zero-order valence-electron chi connectivity index (χ0n) is 9.68. The van der Waals surface area contributed by atoms with Gasteiger partial charge in [0.2, 0.25) is 0 Å². The quantitative estimate of drug-likeness (QED) is 0.906. The van der Waals surface area contributed by atoms with Gasteiger partial charge in [-0.3, -0.25) is 0 Å². The van der Waals surface area contributed by atoms with Crippen molar-refractivity contribution in [2.75, 3.05) is 0 Å². The van der Waals surface area contributed by atoms with Gasteiger partial charge in [-0.25, -0.2) is 4.98 Å². The predicted molar refractivity (Wildman–Crippen MR) is 67.9 cm³/mol. The summed E-state index contributed by atoms with van der Waals surface area (Å²) in [6.07, 6.45) is 5.89. The third kappa shape index (κ3) is 2.68. The van der Waals surface area contributed by atoms with E-state index in [0.29, 0.717) is 18.0 Å². The SMILES string of the molecule is CC[C@](O)(Cn1ccnc1)c1ccc(Cl)cc1. The first-order valence-corrected chi connectivity index (χ1v) is 5.96. The van der Waals surface area contributed by atoms with E-state index in [1.165, 1.54) is 0 Å². The van der Waals surface area contributed by atoms with Gasteiger partial charge in [0.15, 0.2) is 0 Å². The number of benzene rings is 1. The Balaban J connectivity index is 2.27. The maximum Gasteiger partial charge on any atom is 0.107 e. The van der Waals surface area contributed by atoms with Crippen molar-refractivity contribution < 1.29 is 5.11 Å². The van der Waals surface area contributed by atoms with Gasteiger partial charge in [0.05, 0.1) is 12.9 Å². The van der Waals surface area contributed by atoms with Crippen molar-refractivity contribution in [2.45, 2.75) is 25.5 Å². The lowest BCUT2D eigenvalue weighted by Crippen LogP contribution is -2.30. The molecule has 0 spiro atoms. The normalized spacial score (nSPS) is 14.5. The number of imidazole rings is 1. The van der Waals surface area contributed by atoms with Gasteiger partial charge in [0.25, 0.3) is 0 Å². The Morgan fingerprint density at radius 3 is 2.59 bits per heavy atom. The third-order valence-corrected chi connectivity index (χ3v) is 3.22. The lowest BCUT2D eigenvalue weighted by Gasteiger charge is -2.27. The summed E-state index contributed by atoms with van der Waals surface area (Å²) in [4.78, 5) is 3.98. The van der Waals surface area contributed by atoms with Gasteiger partial charge in [0.1, 0.15) is 5.60 Å². The van der Waals surface area contributed by atoms with Gasteiger partial charge < -0.3 is 9.67 Å². The maximum absolute atomic E-state index is 10.7. The van der Waals surface area contributed by atoms with Gasteiger partial charge in [-0.2, -0.15) is 0 Å². The summed E-state index contributed by atoms with van der Waals surface area (Å²) in [5.74, 6) is 0. The summed E-state index contributed by atoms with van der Waals surface area (Å²) in [6.45, 7) is 2.46. The van der Waals surface area contributed by atoms with E-state index in [4.69, 9.17) is 11.6 Å². The fraction of sp³-hybridized carbons (Fsp3) is 0.308. The first kappa shape index (κ1) is 12.1. The largest absolute Gasteiger partial charge is 0.383 e. The summed E-state index contributed by atoms with van der Waals surface area (Å²) in [5, 5.41) is 11.3. The number of hydrogen-bond acceptors (Lipinski definition) is 2. The summed E-state index contributed by atoms with van der Waals surface area (Å²) >= 11 is 5.85. The Hall–Kier alpha value is -1.32. The Morgan fingerprint density at radius 1 is 1.35 bits per heavy atom. The van der Waals surface area contributed by atoms with Crippen LogP contribution in [0.1, 0.15) is 18.9 Å². The third-order valence-electron chi connectivity index (χ3n) is 2.97. The van der Waals surface area contributed by atoms with E-state index < -0.39 is 5.60 Å². The monoisotopic (exact) mass is 250 g/mol. The van der Waals surface area contributed by atoms with Crippen LogP contribution >= 0.6 is 11.6 Å². The summed E-state index contributed by atoms with van der Waals surface area (Å²) in [5.41, 5.74) is -0.0104. The molecular weight excluding hydrogens is 236 g/mol. The van der Waals surface area contributed by atoms with Crippen LogP contribution in [0.2, 0.25) is 5.02 Å². The zero-order chi connectivity index (χ0) is 12.3. The second-order valence-corrected chi connectivity index (χ2v) is 4.56. The summed E-state index contributed by atoms with van der Waals surface area (Å²) in [6, 6.07) is 7.32. The molecule has 2 rings (SSSR count). The molecule has 3 nitrogen and oxygen atoms in total. The molecule has 0 fully saturated rings. The highest BCUT2D eigenvalue weighted by molar-refractivity contribution is 6.30. The fourth-order valence-corrected chi connectivity index (χ4v) is 1.98. The molecule has 4 heteroatoms. The van der Waals surface area contributed by atoms with Crippen LogP contribution in [-0.2, 0) is 12.1 Å². The van der Waals surface area contributed by atoms with Crippen LogP contribution < -0.4 is 0 Å². The number of halogens is 1. The second-order valence-electron chi connectivity index (χ2n) is 4.13. The van der Waals surface area contributed by atoms with Crippen LogP contribution in [0.3, 0.4) is 0 Å². The van der Waals surface area contributed by atoms with E-state index in [0.717, 1.165) is 5.56 Å². The number of rotatable bonds is 4. The molecule has 1 aromatic carbocycles. The molecule has 0 amide bonds. The number of nitrogens with zero attached hydrogens (tertiary/aromatic N) is 2. The van der Waals surface area contributed by atoms with Crippen molar-refractivity contribution in [3.05, 3.63) is 53.6 Å². The van der Waals surface area contributed by atoms with Crippen molar-refractivity contribution in [3.63, 3.8) is 0 Å². The van der Waals surface area contributed by atoms with Gasteiger partial charge in [-0.15, -0.1) is 0 Å². The number of aromatic nitrogens is 2. The minimum absolute atomic E-state index is 0.491. The van der Waals surface area contributed by atoms with E-state index in [2.05, 4.69) is 4.98 Å². The smallest absolute Gasteiger partial charge is 0.107 e. The molecule has 90 valence electrons. The average molecular weight is 251 g/mol. The Labute approximate surface area is 106 Å². The second kappa shape index (κ2) is 4.90. The molecule has 1 aromatic heterocycles. The summed E-state index contributed by atoms with van der Waals surface area (Å²) in [7, 11) is 0. The molecule has 17 heavy (non-hydrogen) atoms. The first-order chi connectivity index (χ1) is 8.14. The Morgan fingerprint density at radius 2 is 2.06 bits per heavy atom. The molecule has 0 unspecified atom stereocenters. The van der Waals surface area contributed by atoms with Crippen LogP contribution in [-0.4, -0.2) is 14.7 Å². The number of aliphatic hydroxyl groups is 1. The lowest BCUT2D eigenvalue weighted by atomic mass is 9.91. The molecule has 0 saturated carbocycles. The highest BCUT2D eigenvalue weighted by Crippen LogP contribution is 2.27. The zero-order valence-corrected chi connectivity index (χ0v) is 10.4. The van der Waals surface area contributed by atoms with E-state index in [9.17, 15) is 5.11 Å². The standard InChI is InChI=1S/C13H15ClN2O/c1-2-13(17,9-16-8-7-15-10-16)11-3-5-12(14)6-4-11/h3-8,10,17H,2,9H2,1H3/t13-/m0/s1. The van der Waals surface area contributed by atoms with E-state index in [-0.39, 0.29) is 0 Å². The molecule has 0 aliphatic heterocycles. The van der Waals surface area contributed by atoms with Crippen LogP contribution in [0.4, 0.5) is 0 Å². The van der Waals surface area contributed by atoms with E-state index >= 15 is 0 Å². The lowest BCUT2D eigenvalue weighted by molar-refractivity contribution is 0.0143. The van der Waals surface area contributed by atoms with Gasteiger partial charge >= 0.3 is 0 Å². The fourth-order valence-electron chi connectivity index (χ4n) is 1.85. The van der Waals surface area contributed by atoms with Crippen LogP contribution in [0, 0.1) is 0 Å². The van der Waals surface area contributed by atoms with Gasteiger partial charge in [-0.1, -0.05) is 30.7 Å². The minimum atomic E-state index is -0.884. The molecule has 0 radical (unpaired) electrons. The molecule has 1 N–H and O–H groups in total. The highest BCUT2D eigenvalue weighted by Gasteiger charge is 2.27. The van der Waals surface area contributed by atoms with Crippen LogP contribution in [0.15, 0.2) is 43.0 Å². The Kier molecular flexibility index (Phi) is 3.50. The molecule has 0 aliphatic carbocycles. The molecule has 2 aromatic rings. The Bertz CT molecular complexity index is 467. The summed E-state index contributed by atoms with van der Waals surface area (Å²) < 4.78 is 1.87. The molecule has 0 aliphatic rings. The molecule has 1 atom stereocenters. The highest BCUT2D eigenvalue weighted by atomic mass is 35.5. The van der Waals surface area contributed by atoms with Gasteiger partial charge in [0, 0.05) is 17.4 Å². The van der Waals surface area contributed by atoms with Crippen molar-refractivity contribution in [2.24, 2.45) is 0 Å². The van der Waals surface area contributed by atoms with Crippen LogP contribution in [0.25, 0.3) is 0 Å². The van der Waals surface area contributed by atoms with Gasteiger partial charge in [-0.05, 0) is 24.1 Å². The van der Waals surface area contributed by atoms with Crippen LogP contribution in [0.5, 0.6) is 0 Å². The first-order valence-electron chi connectivity index (χ1n) is 5.58. The topological polar surface area (TPSA) is 38.0 Å². The average Bonchev–Trinajstić information content (AvgIpc) is 2.82. The molecule has 0 bridgehead atoms. The molecule has 1 heterocycles. The molecular formula is C13H15ClN2O. The van der Waals surface area contributed by atoms with E-state index in [1.807, 2.05) is 29.8 Å². The maximum atomic E-state index is 10.7. The van der Waals surface area contributed by atoms with Crippen molar-refractivity contribution in [3.8, 4) is 0 Å². The van der Waals surface area contributed by atoms with Crippen molar-refractivity contribution in [1.82, 2.24) is 9.55 Å². The van der Waals surface area contributed by atoms with Crippen molar-refractivity contribution in [1.29, 1.82) is 0 Å². The number of hydrogen-bond donors (Lipinski definition) is 1. The minimum Gasteiger partial charge on any atom is -0.383 e.